The molecule has 4 rings (SSSR count). The van der Waals surface area contributed by atoms with Gasteiger partial charge in [0.05, 0.1) is 0 Å². The van der Waals surface area contributed by atoms with Gasteiger partial charge in [-0.1, -0.05) is 45.7 Å². The first-order valence-corrected chi connectivity index (χ1v) is 11.6. The van der Waals surface area contributed by atoms with E-state index >= 15 is 0 Å². The van der Waals surface area contributed by atoms with Crippen LogP contribution in [0.4, 0.5) is 11.4 Å². The zero-order valence-corrected chi connectivity index (χ0v) is 20.6. The summed E-state index contributed by atoms with van der Waals surface area (Å²) in [5.41, 5.74) is 2.55. The minimum Gasteiger partial charge on any atom is -0.451 e. The van der Waals surface area contributed by atoms with Gasteiger partial charge in [-0.25, -0.2) is 0 Å². The van der Waals surface area contributed by atoms with E-state index in [0.717, 1.165) is 10.0 Å². The molecular formula is C25H17BrClN3O3S. The first-order chi connectivity index (χ1) is 16.4. The van der Waals surface area contributed by atoms with Crippen LogP contribution in [-0.4, -0.2) is 16.9 Å². The smallest absolute Gasteiger partial charge is 0.293 e. The van der Waals surface area contributed by atoms with Crippen LogP contribution in [0.5, 0.6) is 0 Å². The minimum atomic E-state index is -0.466. The number of furan rings is 1. The lowest BCUT2D eigenvalue weighted by molar-refractivity contribution is 0.0950. The molecule has 0 unspecified atom stereocenters. The van der Waals surface area contributed by atoms with Crippen molar-refractivity contribution in [3.8, 4) is 11.3 Å². The molecule has 3 aromatic carbocycles. The van der Waals surface area contributed by atoms with Gasteiger partial charge in [0, 0.05) is 32.0 Å². The van der Waals surface area contributed by atoms with Crippen molar-refractivity contribution in [2.75, 3.05) is 10.6 Å². The lowest BCUT2D eigenvalue weighted by Crippen LogP contribution is -2.33. The predicted molar refractivity (Wildman–Crippen MR) is 141 cm³/mol. The van der Waals surface area contributed by atoms with Gasteiger partial charge in [0.1, 0.15) is 5.76 Å². The normalized spacial score (nSPS) is 10.4. The van der Waals surface area contributed by atoms with Crippen LogP contribution in [-0.2, 0) is 0 Å². The molecule has 0 aliphatic rings. The van der Waals surface area contributed by atoms with Gasteiger partial charge in [0.15, 0.2) is 10.9 Å². The fraction of sp³-hybridized carbons (Fsp3) is 0. The monoisotopic (exact) mass is 553 g/mol. The van der Waals surface area contributed by atoms with Gasteiger partial charge in [-0.15, -0.1) is 0 Å². The second-order valence-electron chi connectivity index (χ2n) is 7.12. The highest BCUT2D eigenvalue weighted by molar-refractivity contribution is 9.10. The number of halogens is 2. The van der Waals surface area contributed by atoms with E-state index in [9.17, 15) is 9.59 Å². The Labute approximate surface area is 214 Å². The maximum atomic E-state index is 12.5. The van der Waals surface area contributed by atoms with Crippen LogP contribution in [0.3, 0.4) is 0 Å². The second-order valence-corrected chi connectivity index (χ2v) is 8.88. The van der Waals surface area contributed by atoms with Crippen molar-refractivity contribution >= 4 is 68.1 Å². The van der Waals surface area contributed by atoms with Crippen LogP contribution in [0.2, 0.25) is 5.02 Å². The van der Waals surface area contributed by atoms with E-state index in [1.807, 2.05) is 24.3 Å². The summed E-state index contributed by atoms with van der Waals surface area (Å²) in [5, 5.41) is 8.92. The van der Waals surface area contributed by atoms with Gasteiger partial charge in [0.2, 0.25) is 0 Å². The molecule has 1 aromatic heterocycles. The van der Waals surface area contributed by atoms with Crippen molar-refractivity contribution in [3.05, 3.63) is 106 Å². The van der Waals surface area contributed by atoms with E-state index < -0.39 is 5.91 Å². The van der Waals surface area contributed by atoms with Crippen molar-refractivity contribution < 1.29 is 14.0 Å². The Morgan fingerprint density at radius 2 is 1.50 bits per heavy atom. The summed E-state index contributed by atoms with van der Waals surface area (Å²) in [6, 6.07) is 24.4. The Hall–Kier alpha value is -3.46. The Kier molecular flexibility index (Phi) is 7.42. The molecule has 170 valence electrons. The molecule has 2 amide bonds. The van der Waals surface area contributed by atoms with E-state index in [-0.39, 0.29) is 16.8 Å². The molecule has 1 heterocycles. The fourth-order valence-electron chi connectivity index (χ4n) is 3.03. The number of nitrogens with one attached hydrogen (secondary N) is 3. The molecule has 0 aliphatic carbocycles. The van der Waals surface area contributed by atoms with Gasteiger partial charge in [-0.05, 0) is 78.9 Å². The highest BCUT2D eigenvalue weighted by Crippen LogP contribution is 2.24. The van der Waals surface area contributed by atoms with Crippen LogP contribution in [0, 0.1) is 0 Å². The third-order valence-corrected chi connectivity index (χ3v) is 5.64. The summed E-state index contributed by atoms with van der Waals surface area (Å²) in [5.74, 6) is -0.0219. The van der Waals surface area contributed by atoms with E-state index in [2.05, 4.69) is 31.9 Å². The van der Waals surface area contributed by atoms with Gasteiger partial charge in [0.25, 0.3) is 11.8 Å². The topological polar surface area (TPSA) is 83.4 Å². The lowest BCUT2D eigenvalue weighted by atomic mass is 10.2. The van der Waals surface area contributed by atoms with E-state index in [4.69, 9.17) is 28.2 Å². The Morgan fingerprint density at radius 3 is 2.18 bits per heavy atom. The van der Waals surface area contributed by atoms with E-state index in [1.54, 1.807) is 60.7 Å². The minimum absolute atomic E-state index is 0.113. The van der Waals surface area contributed by atoms with E-state index in [1.165, 1.54) is 0 Å². The summed E-state index contributed by atoms with van der Waals surface area (Å²) in [7, 11) is 0. The van der Waals surface area contributed by atoms with Crippen molar-refractivity contribution in [1.29, 1.82) is 0 Å². The molecule has 9 heteroatoms. The number of hydrogen-bond acceptors (Lipinski definition) is 4. The molecule has 34 heavy (non-hydrogen) atoms. The number of carbonyl (C=O) groups is 2. The molecule has 0 atom stereocenters. The Bertz CT molecular complexity index is 1350. The highest BCUT2D eigenvalue weighted by Gasteiger charge is 2.14. The SMILES string of the molecule is O=C(Nc1ccc(NC(=S)NC(=O)c2ccc(-c3ccc(Br)cc3)o2)cc1)c1cccc(Cl)c1. The average Bonchev–Trinajstić information content (AvgIpc) is 3.31. The third kappa shape index (κ3) is 6.11. The Balaban J connectivity index is 1.32. The molecule has 3 N–H and O–H groups in total. The quantitative estimate of drug-likeness (QED) is 0.238. The highest BCUT2D eigenvalue weighted by atomic mass is 79.9. The first-order valence-electron chi connectivity index (χ1n) is 10.0. The summed E-state index contributed by atoms with van der Waals surface area (Å²) < 4.78 is 6.61. The summed E-state index contributed by atoms with van der Waals surface area (Å²) in [4.78, 5) is 24.8. The maximum Gasteiger partial charge on any atom is 0.293 e. The number of thiocarbonyl (C=S) groups is 1. The van der Waals surface area contributed by atoms with Crippen molar-refractivity contribution in [2.45, 2.75) is 0 Å². The lowest BCUT2D eigenvalue weighted by Gasteiger charge is -2.10. The number of rotatable bonds is 5. The molecule has 0 spiro atoms. The molecule has 0 saturated carbocycles. The Morgan fingerprint density at radius 1 is 0.824 bits per heavy atom. The predicted octanol–water partition coefficient (Wildman–Crippen LogP) is 6.74. The second kappa shape index (κ2) is 10.6. The number of benzene rings is 3. The zero-order chi connectivity index (χ0) is 24.1. The molecule has 6 nitrogen and oxygen atoms in total. The number of anilines is 2. The molecule has 0 radical (unpaired) electrons. The number of hydrogen-bond donors (Lipinski definition) is 3. The molecule has 0 aliphatic heterocycles. The van der Waals surface area contributed by atoms with Gasteiger partial charge in [-0.2, -0.15) is 0 Å². The third-order valence-electron chi connectivity index (χ3n) is 4.67. The summed E-state index contributed by atoms with van der Waals surface area (Å²) in [6.07, 6.45) is 0. The van der Waals surface area contributed by atoms with Crippen molar-refractivity contribution in [1.82, 2.24) is 5.32 Å². The molecule has 0 saturated heterocycles. The number of carbonyl (C=O) groups excluding carboxylic acids is 2. The zero-order valence-electron chi connectivity index (χ0n) is 17.5. The molecule has 4 aromatic rings. The fourth-order valence-corrected chi connectivity index (χ4v) is 3.69. The first kappa shape index (κ1) is 23.7. The van der Waals surface area contributed by atoms with Gasteiger partial charge < -0.3 is 15.1 Å². The molecular weight excluding hydrogens is 538 g/mol. The van der Waals surface area contributed by atoms with Crippen LogP contribution >= 0.6 is 39.7 Å². The van der Waals surface area contributed by atoms with E-state index in [0.29, 0.717) is 27.7 Å². The summed E-state index contributed by atoms with van der Waals surface area (Å²) in [6.45, 7) is 0. The average molecular weight is 555 g/mol. The summed E-state index contributed by atoms with van der Waals surface area (Å²) >= 11 is 14.6. The van der Waals surface area contributed by atoms with Crippen LogP contribution in [0.25, 0.3) is 11.3 Å². The van der Waals surface area contributed by atoms with Crippen molar-refractivity contribution in [3.63, 3.8) is 0 Å². The van der Waals surface area contributed by atoms with Crippen LogP contribution in [0.1, 0.15) is 20.9 Å². The van der Waals surface area contributed by atoms with Gasteiger partial charge >= 0.3 is 0 Å². The maximum absolute atomic E-state index is 12.5. The molecule has 0 fully saturated rings. The van der Waals surface area contributed by atoms with Crippen LogP contribution < -0.4 is 16.0 Å². The van der Waals surface area contributed by atoms with Crippen molar-refractivity contribution in [2.24, 2.45) is 0 Å². The van der Waals surface area contributed by atoms with Crippen LogP contribution in [0.15, 0.2) is 93.8 Å². The molecule has 0 bridgehead atoms. The largest absolute Gasteiger partial charge is 0.451 e. The standard InChI is InChI=1S/C25H17BrClN3O3S/c26-17-6-4-15(5-7-17)21-12-13-22(33-21)24(32)30-25(34)29-20-10-8-19(9-11-20)28-23(31)16-2-1-3-18(27)14-16/h1-14H,(H,28,31)(H2,29,30,32,34). The number of amides is 2. The van der Waals surface area contributed by atoms with Gasteiger partial charge in [-0.3, -0.25) is 14.9 Å².